The Labute approximate surface area is 378 Å². The van der Waals surface area contributed by atoms with E-state index in [1.165, 1.54) is 141 Å². The fraction of sp³-hybridized carbons (Fsp3) is 0.800. The second kappa shape index (κ2) is 50.0. The Morgan fingerprint density at radius 1 is 0.344 bits per heavy atom. The fourth-order valence-electron chi connectivity index (χ4n) is 7.43. The molecule has 0 N–H and O–H groups in total. The molecule has 6 nitrogen and oxygen atoms in total. The van der Waals surface area contributed by atoms with Crippen LogP contribution in [0.3, 0.4) is 0 Å². The predicted octanol–water partition coefficient (Wildman–Crippen LogP) is 17.1. The highest BCUT2D eigenvalue weighted by Gasteiger charge is 2.19. The van der Waals surface area contributed by atoms with E-state index < -0.39 is 6.10 Å². The molecule has 0 aromatic heterocycles. The van der Waals surface area contributed by atoms with Gasteiger partial charge in [-0.1, -0.05) is 236 Å². The van der Waals surface area contributed by atoms with Gasteiger partial charge >= 0.3 is 17.9 Å². The molecule has 0 aliphatic carbocycles. The van der Waals surface area contributed by atoms with Gasteiger partial charge in [0.15, 0.2) is 6.10 Å². The summed E-state index contributed by atoms with van der Waals surface area (Å²) in [5.74, 6) is -0.877. The van der Waals surface area contributed by atoms with Gasteiger partial charge in [0.25, 0.3) is 0 Å². The third-order valence-corrected chi connectivity index (χ3v) is 11.3. The van der Waals surface area contributed by atoms with Crippen LogP contribution < -0.4 is 0 Å². The predicted molar refractivity (Wildman–Crippen MR) is 261 cm³/mol. The molecular formula is C55H98O6. The van der Waals surface area contributed by atoms with Gasteiger partial charge in [-0.15, -0.1) is 0 Å². The lowest BCUT2D eigenvalue weighted by atomic mass is 10.0. The SMILES string of the molecule is CC/C=C\C/C=C\C/C=C\C/C=C\CCCCCCCCCCCCC(=O)OCC(COC(=O)CCCCCCCC)OC(=O)CCCCCCCCCCCCCCCC. The van der Waals surface area contributed by atoms with Crippen molar-refractivity contribution < 1.29 is 28.6 Å². The molecule has 0 aliphatic rings. The fourth-order valence-corrected chi connectivity index (χ4v) is 7.43. The Kier molecular flexibility index (Phi) is 47.9. The smallest absolute Gasteiger partial charge is 0.306 e. The van der Waals surface area contributed by atoms with Crippen molar-refractivity contribution in [3.8, 4) is 0 Å². The van der Waals surface area contributed by atoms with E-state index in [2.05, 4.69) is 69.4 Å². The van der Waals surface area contributed by atoms with E-state index in [1.54, 1.807) is 0 Å². The second-order valence-corrected chi connectivity index (χ2v) is 17.4. The van der Waals surface area contributed by atoms with Gasteiger partial charge in [0.05, 0.1) is 0 Å². The van der Waals surface area contributed by atoms with E-state index in [4.69, 9.17) is 14.2 Å². The van der Waals surface area contributed by atoms with Crippen molar-refractivity contribution in [3.05, 3.63) is 48.6 Å². The minimum absolute atomic E-state index is 0.0717. The molecule has 0 bridgehead atoms. The maximum atomic E-state index is 12.7. The standard InChI is InChI=1S/C55H98O6/c1-4-7-10-13-16-18-20-22-24-25-26-27-28-29-30-31-32-34-35-37-39-42-45-48-54(57)60-51-52(50-59-53(56)47-44-41-15-12-9-6-3)61-55(58)49-46-43-40-38-36-33-23-21-19-17-14-11-8-5-2/h7,10,16,18,22,24,26-27,52H,4-6,8-9,11-15,17,19-21,23,25,28-51H2,1-3H3/b10-7-,18-16-,24-22-,27-26-. The lowest BCUT2D eigenvalue weighted by Crippen LogP contribution is -2.30. The van der Waals surface area contributed by atoms with Crippen molar-refractivity contribution in [1.82, 2.24) is 0 Å². The number of carbonyl (C=O) groups excluding carboxylic acids is 3. The number of esters is 3. The first-order valence-electron chi connectivity index (χ1n) is 26.1. The van der Waals surface area contributed by atoms with Crippen molar-refractivity contribution in [3.63, 3.8) is 0 Å². The largest absolute Gasteiger partial charge is 0.462 e. The number of hydrogen-bond acceptors (Lipinski definition) is 6. The normalized spacial score (nSPS) is 12.4. The van der Waals surface area contributed by atoms with Crippen LogP contribution in [0.1, 0.15) is 265 Å². The first kappa shape index (κ1) is 58.4. The van der Waals surface area contributed by atoms with E-state index in [0.29, 0.717) is 19.3 Å². The van der Waals surface area contributed by atoms with Crippen LogP contribution in [0.2, 0.25) is 0 Å². The first-order valence-corrected chi connectivity index (χ1v) is 26.1. The molecule has 0 saturated heterocycles. The number of carbonyl (C=O) groups is 3. The molecule has 1 atom stereocenters. The van der Waals surface area contributed by atoms with Crippen LogP contribution in [0.15, 0.2) is 48.6 Å². The molecular weight excluding hydrogens is 757 g/mol. The number of ether oxygens (including phenoxy) is 3. The van der Waals surface area contributed by atoms with Gasteiger partial charge in [0, 0.05) is 19.3 Å². The molecule has 0 aliphatic heterocycles. The molecule has 1 unspecified atom stereocenters. The Balaban J connectivity index is 4.14. The molecule has 0 radical (unpaired) electrons. The van der Waals surface area contributed by atoms with Crippen LogP contribution in [0, 0.1) is 0 Å². The quantitative estimate of drug-likeness (QED) is 0.0263. The average Bonchev–Trinajstić information content (AvgIpc) is 3.26. The molecule has 61 heavy (non-hydrogen) atoms. The topological polar surface area (TPSA) is 78.9 Å². The zero-order valence-electron chi connectivity index (χ0n) is 40.4. The van der Waals surface area contributed by atoms with Crippen LogP contribution in [0.25, 0.3) is 0 Å². The summed E-state index contributed by atoms with van der Waals surface area (Å²) in [5.41, 5.74) is 0. The minimum atomic E-state index is -0.767. The Hall–Kier alpha value is -2.63. The molecule has 0 aromatic rings. The number of rotatable bonds is 47. The van der Waals surface area contributed by atoms with E-state index in [9.17, 15) is 14.4 Å². The van der Waals surface area contributed by atoms with E-state index in [1.807, 2.05) is 0 Å². The summed E-state index contributed by atoms with van der Waals surface area (Å²) < 4.78 is 16.7. The molecule has 0 aromatic carbocycles. The van der Waals surface area contributed by atoms with Crippen molar-refractivity contribution in [2.24, 2.45) is 0 Å². The Morgan fingerprint density at radius 3 is 1.00 bits per heavy atom. The summed E-state index contributed by atoms with van der Waals surface area (Å²) in [6, 6.07) is 0. The lowest BCUT2D eigenvalue weighted by Gasteiger charge is -2.18. The molecule has 0 saturated carbocycles. The van der Waals surface area contributed by atoms with Gasteiger partial charge < -0.3 is 14.2 Å². The number of hydrogen-bond donors (Lipinski definition) is 0. The van der Waals surface area contributed by atoms with Crippen LogP contribution in [0.5, 0.6) is 0 Å². The summed E-state index contributed by atoms with van der Waals surface area (Å²) >= 11 is 0. The molecule has 354 valence electrons. The van der Waals surface area contributed by atoms with Crippen LogP contribution >= 0.6 is 0 Å². The zero-order chi connectivity index (χ0) is 44.4. The van der Waals surface area contributed by atoms with Gasteiger partial charge in [0.1, 0.15) is 13.2 Å². The molecule has 6 heteroatoms. The van der Waals surface area contributed by atoms with Crippen molar-refractivity contribution in [2.45, 2.75) is 271 Å². The van der Waals surface area contributed by atoms with Crippen molar-refractivity contribution in [2.75, 3.05) is 13.2 Å². The summed E-state index contributed by atoms with van der Waals surface area (Å²) in [4.78, 5) is 37.7. The van der Waals surface area contributed by atoms with Crippen LogP contribution in [0.4, 0.5) is 0 Å². The van der Waals surface area contributed by atoms with Crippen LogP contribution in [-0.2, 0) is 28.6 Å². The van der Waals surface area contributed by atoms with Gasteiger partial charge in [0.2, 0.25) is 0 Å². The van der Waals surface area contributed by atoms with Crippen molar-refractivity contribution >= 4 is 17.9 Å². The highest BCUT2D eigenvalue weighted by atomic mass is 16.6. The summed E-state index contributed by atoms with van der Waals surface area (Å²) in [6.07, 6.45) is 59.8. The monoisotopic (exact) mass is 855 g/mol. The minimum Gasteiger partial charge on any atom is -0.462 e. The van der Waals surface area contributed by atoms with E-state index in [-0.39, 0.29) is 31.1 Å². The molecule has 0 spiro atoms. The molecule has 0 rings (SSSR count). The molecule has 0 fully saturated rings. The van der Waals surface area contributed by atoms with Gasteiger partial charge in [-0.3, -0.25) is 14.4 Å². The van der Waals surface area contributed by atoms with E-state index in [0.717, 1.165) is 83.5 Å². The number of unbranched alkanes of at least 4 members (excludes halogenated alkanes) is 28. The van der Waals surface area contributed by atoms with Gasteiger partial charge in [-0.25, -0.2) is 0 Å². The Bertz CT molecular complexity index is 1070. The maximum Gasteiger partial charge on any atom is 0.306 e. The summed E-state index contributed by atoms with van der Waals surface area (Å²) in [6.45, 7) is 6.48. The second-order valence-electron chi connectivity index (χ2n) is 17.4. The average molecular weight is 855 g/mol. The highest BCUT2D eigenvalue weighted by Crippen LogP contribution is 2.16. The van der Waals surface area contributed by atoms with Crippen LogP contribution in [-0.4, -0.2) is 37.2 Å². The first-order chi connectivity index (χ1) is 30.0. The maximum absolute atomic E-state index is 12.7. The highest BCUT2D eigenvalue weighted by molar-refractivity contribution is 5.71. The van der Waals surface area contributed by atoms with Gasteiger partial charge in [-0.05, 0) is 57.8 Å². The van der Waals surface area contributed by atoms with Gasteiger partial charge in [-0.2, -0.15) is 0 Å². The third-order valence-electron chi connectivity index (χ3n) is 11.3. The molecule has 0 heterocycles. The Morgan fingerprint density at radius 2 is 0.639 bits per heavy atom. The number of allylic oxidation sites excluding steroid dienone is 8. The molecule has 0 amide bonds. The third kappa shape index (κ3) is 48.3. The van der Waals surface area contributed by atoms with Crippen molar-refractivity contribution in [1.29, 1.82) is 0 Å². The van der Waals surface area contributed by atoms with E-state index >= 15 is 0 Å². The lowest BCUT2D eigenvalue weighted by molar-refractivity contribution is -0.167. The summed E-state index contributed by atoms with van der Waals surface area (Å²) in [5, 5.41) is 0. The summed E-state index contributed by atoms with van der Waals surface area (Å²) in [7, 11) is 0. The zero-order valence-corrected chi connectivity index (χ0v) is 40.4.